The molecule has 0 saturated carbocycles. The van der Waals surface area contributed by atoms with Crippen molar-refractivity contribution in [2.45, 2.75) is 6.43 Å². The summed E-state index contributed by atoms with van der Waals surface area (Å²) in [7, 11) is 0. The van der Waals surface area contributed by atoms with Gasteiger partial charge in [-0.15, -0.1) is 0 Å². The molecule has 0 bridgehead atoms. The lowest BCUT2D eigenvalue weighted by atomic mass is 10.4. The molecular formula is C7H4ClF2N3. The average molecular weight is 204 g/mol. The Morgan fingerprint density at radius 3 is 2.85 bits per heavy atom. The molecule has 2 rings (SSSR count). The van der Waals surface area contributed by atoms with Gasteiger partial charge in [0.25, 0.3) is 6.43 Å². The molecule has 1 N–H and O–H groups in total. The van der Waals surface area contributed by atoms with Gasteiger partial charge < -0.3 is 4.98 Å². The molecule has 0 amide bonds. The molecule has 0 atom stereocenters. The minimum Gasteiger partial charge on any atom is -0.322 e. The Morgan fingerprint density at radius 1 is 1.46 bits per heavy atom. The normalized spacial score (nSPS) is 11.4. The molecule has 6 heteroatoms. The summed E-state index contributed by atoms with van der Waals surface area (Å²) in [6, 6.07) is 1.50. The van der Waals surface area contributed by atoms with Crippen molar-refractivity contribution in [1.29, 1.82) is 0 Å². The predicted octanol–water partition coefficient (Wildman–Crippen LogP) is 2.55. The zero-order valence-electron chi connectivity index (χ0n) is 6.26. The molecule has 0 radical (unpaired) electrons. The summed E-state index contributed by atoms with van der Waals surface area (Å²) in [5.41, 5.74) is 0.558. The Morgan fingerprint density at radius 2 is 2.23 bits per heavy atom. The van der Waals surface area contributed by atoms with Crippen molar-refractivity contribution < 1.29 is 8.78 Å². The molecule has 0 fully saturated rings. The van der Waals surface area contributed by atoms with Gasteiger partial charge in [-0.05, 0) is 6.07 Å². The number of H-pyrrole nitrogens is 1. The van der Waals surface area contributed by atoms with E-state index in [1.165, 1.54) is 12.3 Å². The predicted molar refractivity (Wildman–Crippen MR) is 43.9 cm³/mol. The Bertz CT molecular complexity index is 440. The monoisotopic (exact) mass is 203 g/mol. The highest BCUT2D eigenvalue weighted by Gasteiger charge is 2.14. The van der Waals surface area contributed by atoms with E-state index in [4.69, 9.17) is 11.6 Å². The van der Waals surface area contributed by atoms with Gasteiger partial charge in [0.1, 0.15) is 5.52 Å². The average Bonchev–Trinajstić information content (AvgIpc) is 2.49. The molecule has 3 nitrogen and oxygen atoms in total. The summed E-state index contributed by atoms with van der Waals surface area (Å²) in [5.74, 6) is -0.407. The third-order valence-corrected chi connectivity index (χ3v) is 1.87. The first-order valence-corrected chi connectivity index (χ1v) is 3.84. The number of halogens is 3. The molecule has 0 saturated heterocycles. The van der Waals surface area contributed by atoms with Gasteiger partial charge in [0.15, 0.2) is 11.5 Å². The maximum absolute atomic E-state index is 12.2. The van der Waals surface area contributed by atoms with Crippen LogP contribution < -0.4 is 0 Å². The minimum atomic E-state index is -2.63. The quantitative estimate of drug-likeness (QED) is 0.774. The van der Waals surface area contributed by atoms with Gasteiger partial charge in [0.05, 0.1) is 5.02 Å². The Labute approximate surface area is 76.8 Å². The SMILES string of the molecule is FC(F)c1nc2c(Cl)ccnc2[nH]1. The molecule has 0 unspecified atom stereocenters. The number of nitrogens with one attached hydrogen (secondary N) is 1. The Hall–Kier alpha value is -1.23. The lowest BCUT2D eigenvalue weighted by molar-refractivity contribution is 0.142. The van der Waals surface area contributed by atoms with Crippen LogP contribution in [-0.2, 0) is 0 Å². The highest BCUT2D eigenvalue weighted by Crippen LogP contribution is 2.23. The van der Waals surface area contributed by atoms with Crippen LogP contribution >= 0.6 is 11.6 Å². The fourth-order valence-corrected chi connectivity index (χ4v) is 1.19. The number of rotatable bonds is 1. The lowest BCUT2D eigenvalue weighted by Gasteiger charge is -1.87. The molecule has 0 aliphatic carbocycles. The minimum absolute atomic E-state index is 0.277. The Balaban J connectivity index is 2.68. The van der Waals surface area contributed by atoms with Crippen molar-refractivity contribution in [3.63, 3.8) is 0 Å². The van der Waals surface area contributed by atoms with Crippen LogP contribution in [0.15, 0.2) is 12.3 Å². The number of nitrogens with zero attached hydrogens (tertiary/aromatic N) is 2. The molecule has 2 aromatic heterocycles. The third-order valence-electron chi connectivity index (χ3n) is 1.56. The van der Waals surface area contributed by atoms with E-state index in [9.17, 15) is 8.78 Å². The number of alkyl halides is 2. The first-order valence-electron chi connectivity index (χ1n) is 3.47. The van der Waals surface area contributed by atoms with Crippen molar-refractivity contribution >= 4 is 22.8 Å². The molecule has 2 aromatic rings. The Kier molecular flexibility index (Phi) is 1.88. The summed E-state index contributed by atoms with van der Waals surface area (Å²) < 4.78 is 24.3. The van der Waals surface area contributed by atoms with E-state index in [1.54, 1.807) is 0 Å². The van der Waals surface area contributed by atoms with Crippen molar-refractivity contribution in [2.75, 3.05) is 0 Å². The second-order valence-corrected chi connectivity index (χ2v) is 2.82. The number of hydrogen-bond donors (Lipinski definition) is 1. The van der Waals surface area contributed by atoms with Crippen LogP contribution in [0.25, 0.3) is 11.2 Å². The zero-order chi connectivity index (χ0) is 9.42. The van der Waals surface area contributed by atoms with E-state index in [0.717, 1.165) is 0 Å². The lowest BCUT2D eigenvalue weighted by Crippen LogP contribution is -1.85. The van der Waals surface area contributed by atoms with Gasteiger partial charge in [0.2, 0.25) is 0 Å². The first kappa shape index (κ1) is 8.37. The number of fused-ring (bicyclic) bond motifs is 1. The number of aromatic amines is 1. The number of pyridine rings is 1. The van der Waals surface area contributed by atoms with Crippen LogP contribution in [0.2, 0.25) is 5.02 Å². The maximum atomic E-state index is 12.2. The second-order valence-electron chi connectivity index (χ2n) is 2.41. The highest BCUT2D eigenvalue weighted by atomic mass is 35.5. The fraction of sp³-hybridized carbons (Fsp3) is 0.143. The number of imidazole rings is 1. The smallest absolute Gasteiger partial charge is 0.295 e. The molecule has 68 valence electrons. The van der Waals surface area contributed by atoms with Crippen LogP contribution in [0.4, 0.5) is 8.78 Å². The van der Waals surface area contributed by atoms with Gasteiger partial charge in [0, 0.05) is 6.20 Å². The molecular weight excluding hydrogens is 200 g/mol. The van der Waals surface area contributed by atoms with Crippen molar-refractivity contribution in [2.24, 2.45) is 0 Å². The van der Waals surface area contributed by atoms with E-state index >= 15 is 0 Å². The molecule has 0 aromatic carbocycles. The fourth-order valence-electron chi connectivity index (χ4n) is 1.00. The van der Waals surface area contributed by atoms with Crippen LogP contribution in [0.3, 0.4) is 0 Å². The summed E-state index contributed by atoms with van der Waals surface area (Å²) in [6.45, 7) is 0. The second kappa shape index (κ2) is 2.92. The number of hydrogen-bond acceptors (Lipinski definition) is 2. The molecule has 0 aliphatic heterocycles. The van der Waals surface area contributed by atoms with Crippen LogP contribution in [-0.4, -0.2) is 15.0 Å². The van der Waals surface area contributed by atoms with E-state index in [-0.39, 0.29) is 11.2 Å². The van der Waals surface area contributed by atoms with Crippen molar-refractivity contribution in [1.82, 2.24) is 15.0 Å². The van der Waals surface area contributed by atoms with E-state index in [2.05, 4.69) is 15.0 Å². The van der Waals surface area contributed by atoms with E-state index in [1.807, 2.05) is 0 Å². The van der Waals surface area contributed by atoms with E-state index in [0.29, 0.717) is 5.02 Å². The van der Waals surface area contributed by atoms with Crippen LogP contribution in [0.5, 0.6) is 0 Å². The highest BCUT2D eigenvalue weighted by molar-refractivity contribution is 6.34. The summed E-state index contributed by atoms with van der Waals surface area (Å²) in [4.78, 5) is 9.80. The van der Waals surface area contributed by atoms with E-state index < -0.39 is 12.2 Å². The summed E-state index contributed by atoms with van der Waals surface area (Å²) in [6.07, 6.45) is -1.21. The molecule has 0 spiro atoms. The van der Waals surface area contributed by atoms with Crippen LogP contribution in [0, 0.1) is 0 Å². The molecule has 0 aliphatic rings. The zero-order valence-corrected chi connectivity index (χ0v) is 7.02. The van der Waals surface area contributed by atoms with Gasteiger partial charge in [-0.3, -0.25) is 0 Å². The molecule has 2 heterocycles. The van der Waals surface area contributed by atoms with Crippen molar-refractivity contribution in [3.05, 3.63) is 23.1 Å². The first-order chi connectivity index (χ1) is 6.18. The summed E-state index contributed by atoms with van der Waals surface area (Å²) >= 11 is 5.71. The third kappa shape index (κ3) is 1.35. The van der Waals surface area contributed by atoms with Crippen molar-refractivity contribution in [3.8, 4) is 0 Å². The molecule has 13 heavy (non-hydrogen) atoms. The standard InChI is InChI=1S/C7H4ClF2N3/c8-3-1-2-11-6-4(3)12-7(13-6)5(9)10/h1-2,5H,(H,11,12,13). The topological polar surface area (TPSA) is 41.6 Å². The maximum Gasteiger partial charge on any atom is 0.295 e. The van der Waals surface area contributed by atoms with Gasteiger partial charge in [-0.25, -0.2) is 18.7 Å². The van der Waals surface area contributed by atoms with Gasteiger partial charge in [-0.2, -0.15) is 0 Å². The van der Waals surface area contributed by atoms with Gasteiger partial charge in [-0.1, -0.05) is 11.6 Å². The largest absolute Gasteiger partial charge is 0.322 e. The summed E-state index contributed by atoms with van der Waals surface area (Å²) in [5, 5.41) is 0.313. The number of aromatic nitrogens is 3. The van der Waals surface area contributed by atoms with Crippen LogP contribution in [0.1, 0.15) is 12.2 Å². The van der Waals surface area contributed by atoms with Gasteiger partial charge >= 0.3 is 0 Å².